The van der Waals surface area contributed by atoms with E-state index in [9.17, 15) is 33.4 Å². The molecular weight excluding hydrogens is 424 g/mol. The van der Waals surface area contributed by atoms with Gasteiger partial charge >= 0.3 is 0 Å². The first kappa shape index (κ1) is 21.7. The smallest absolute Gasteiger partial charge is 0.275 e. The summed E-state index contributed by atoms with van der Waals surface area (Å²) >= 11 is 0. The van der Waals surface area contributed by atoms with E-state index in [4.69, 9.17) is 0 Å². The number of carbonyl (C=O) groups is 2. The van der Waals surface area contributed by atoms with Gasteiger partial charge in [0.25, 0.3) is 11.8 Å². The highest BCUT2D eigenvalue weighted by atomic mass is 19.1. The monoisotopic (exact) mass is 445 g/mol. The van der Waals surface area contributed by atoms with Gasteiger partial charge in [-0.1, -0.05) is 18.2 Å². The summed E-state index contributed by atoms with van der Waals surface area (Å²) in [4.78, 5) is 39.8. The molecule has 32 heavy (non-hydrogen) atoms. The molecule has 10 heteroatoms. The Bertz CT molecular complexity index is 1220. The SMILES string of the molecule is C[C@H]1C=C[C@](C)(O)[C@H]2CN1C(=O)c1c(O)c(=O)c(C(=O)NCc3ccc(F)cc3F)cn12. The third-order valence-electron chi connectivity index (χ3n) is 5.96. The molecule has 3 atom stereocenters. The van der Waals surface area contributed by atoms with Gasteiger partial charge in [0.2, 0.25) is 5.43 Å². The number of fused-ring (bicyclic) bond motifs is 4. The third-order valence-corrected chi connectivity index (χ3v) is 5.96. The third kappa shape index (κ3) is 3.46. The second kappa shape index (κ2) is 7.56. The molecule has 1 aromatic carbocycles. The number of aromatic nitrogens is 1. The highest BCUT2D eigenvalue weighted by Crippen LogP contribution is 2.36. The first-order chi connectivity index (χ1) is 15.0. The normalized spacial score (nSPS) is 24.2. The van der Waals surface area contributed by atoms with Crippen LogP contribution in [0.4, 0.5) is 8.78 Å². The molecule has 2 amide bonds. The molecule has 2 bridgehead atoms. The number of amides is 2. The number of nitrogens with zero attached hydrogens (tertiary/aromatic N) is 2. The predicted molar refractivity (Wildman–Crippen MR) is 109 cm³/mol. The summed E-state index contributed by atoms with van der Waals surface area (Å²) in [5.74, 6) is -4.07. The number of pyridine rings is 1. The summed E-state index contributed by atoms with van der Waals surface area (Å²) < 4.78 is 28.1. The van der Waals surface area contributed by atoms with Crippen LogP contribution in [0.15, 0.2) is 41.3 Å². The minimum atomic E-state index is -1.44. The molecule has 2 aromatic rings. The van der Waals surface area contributed by atoms with Crippen LogP contribution in [0.25, 0.3) is 0 Å². The summed E-state index contributed by atoms with van der Waals surface area (Å²) in [5.41, 5.74) is -3.30. The molecule has 3 heterocycles. The van der Waals surface area contributed by atoms with Crippen LogP contribution in [-0.2, 0) is 6.54 Å². The fourth-order valence-corrected chi connectivity index (χ4v) is 4.03. The van der Waals surface area contributed by atoms with Crippen molar-refractivity contribution in [1.82, 2.24) is 14.8 Å². The van der Waals surface area contributed by atoms with Crippen LogP contribution >= 0.6 is 0 Å². The molecule has 168 valence electrons. The molecule has 8 nitrogen and oxygen atoms in total. The predicted octanol–water partition coefficient (Wildman–Crippen LogP) is 1.47. The molecule has 0 fully saturated rings. The molecule has 2 aliphatic heterocycles. The number of aromatic hydroxyl groups is 1. The Morgan fingerprint density at radius 1 is 1.31 bits per heavy atom. The lowest BCUT2D eigenvalue weighted by Crippen LogP contribution is -2.51. The van der Waals surface area contributed by atoms with E-state index < -0.39 is 51.8 Å². The van der Waals surface area contributed by atoms with E-state index in [2.05, 4.69) is 5.32 Å². The van der Waals surface area contributed by atoms with Gasteiger partial charge in [0.1, 0.15) is 22.8 Å². The van der Waals surface area contributed by atoms with Crippen molar-refractivity contribution >= 4 is 11.8 Å². The molecule has 0 unspecified atom stereocenters. The Morgan fingerprint density at radius 2 is 2.03 bits per heavy atom. The first-order valence-corrected chi connectivity index (χ1v) is 9.94. The largest absolute Gasteiger partial charge is 0.503 e. The van der Waals surface area contributed by atoms with E-state index in [0.717, 1.165) is 18.3 Å². The number of halogens is 2. The maximum Gasteiger partial charge on any atom is 0.275 e. The molecule has 2 aliphatic rings. The van der Waals surface area contributed by atoms with E-state index in [0.29, 0.717) is 6.07 Å². The number of aliphatic hydroxyl groups is 1. The maximum absolute atomic E-state index is 13.8. The van der Waals surface area contributed by atoms with Crippen LogP contribution in [0.2, 0.25) is 0 Å². The van der Waals surface area contributed by atoms with E-state index in [1.165, 1.54) is 22.5 Å². The topological polar surface area (TPSA) is 112 Å². The van der Waals surface area contributed by atoms with Crippen LogP contribution in [0.5, 0.6) is 5.75 Å². The summed E-state index contributed by atoms with van der Waals surface area (Å²) in [6.07, 6.45) is 4.31. The zero-order valence-electron chi connectivity index (χ0n) is 17.3. The van der Waals surface area contributed by atoms with E-state index in [1.54, 1.807) is 13.0 Å². The Morgan fingerprint density at radius 3 is 2.72 bits per heavy atom. The van der Waals surface area contributed by atoms with Crippen LogP contribution in [-0.4, -0.2) is 49.7 Å². The Hall–Kier alpha value is -3.53. The zero-order chi connectivity index (χ0) is 23.4. The number of nitrogens with one attached hydrogen (secondary N) is 1. The van der Waals surface area contributed by atoms with Crippen molar-refractivity contribution in [3.63, 3.8) is 0 Å². The summed E-state index contributed by atoms with van der Waals surface area (Å²) in [7, 11) is 0. The maximum atomic E-state index is 13.8. The van der Waals surface area contributed by atoms with Gasteiger partial charge < -0.3 is 25.0 Å². The van der Waals surface area contributed by atoms with Crippen molar-refractivity contribution < 1.29 is 28.6 Å². The van der Waals surface area contributed by atoms with Gasteiger partial charge in [-0.25, -0.2) is 8.78 Å². The minimum absolute atomic E-state index is 0.00122. The van der Waals surface area contributed by atoms with Crippen molar-refractivity contribution in [2.24, 2.45) is 0 Å². The van der Waals surface area contributed by atoms with Crippen LogP contribution in [0.3, 0.4) is 0 Å². The minimum Gasteiger partial charge on any atom is -0.503 e. The molecule has 0 aliphatic carbocycles. The second-order valence-electron chi connectivity index (χ2n) is 8.19. The molecule has 0 spiro atoms. The fourth-order valence-electron chi connectivity index (χ4n) is 4.03. The lowest BCUT2D eigenvalue weighted by molar-refractivity contribution is 0.0205. The average molecular weight is 445 g/mol. The zero-order valence-corrected chi connectivity index (χ0v) is 17.3. The fraction of sp³-hybridized carbons (Fsp3) is 0.318. The van der Waals surface area contributed by atoms with Gasteiger partial charge in [0.15, 0.2) is 11.4 Å². The van der Waals surface area contributed by atoms with Crippen LogP contribution in [0, 0.1) is 11.6 Å². The molecule has 1 aromatic heterocycles. The highest BCUT2D eigenvalue weighted by molar-refractivity contribution is 5.99. The van der Waals surface area contributed by atoms with Crippen molar-refractivity contribution in [2.45, 2.75) is 38.1 Å². The van der Waals surface area contributed by atoms with Gasteiger partial charge in [0.05, 0.1) is 6.04 Å². The lowest BCUT2D eigenvalue weighted by atomic mass is 9.93. The van der Waals surface area contributed by atoms with Crippen LogP contribution < -0.4 is 10.7 Å². The van der Waals surface area contributed by atoms with E-state index in [-0.39, 0.29) is 30.4 Å². The van der Waals surface area contributed by atoms with Gasteiger partial charge in [-0.15, -0.1) is 0 Å². The van der Waals surface area contributed by atoms with Gasteiger partial charge in [0, 0.05) is 37.0 Å². The number of hydrogen-bond donors (Lipinski definition) is 3. The molecule has 3 N–H and O–H groups in total. The van der Waals surface area contributed by atoms with Crippen molar-refractivity contribution in [2.75, 3.05) is 6.54 Å². The highest BCUT2D eigenvalue weighted by Gasteiger charge is 2.44. The van der Waals surface area contributed by atoms with Crippen molar-refractivity contribution in [3.8, 4) is 5.75 Å². The Kier molecular flexibility index (Phi) is 5.12. The number of rotatable bonds is 3. The van der Waals surface area contributed by atoms with E-state index >= 15 is 0 Å². The molecule has 0 saturated carbocycles. The van der Waals surface area contributed by atoms with E-state index in [1.807, 2.05) is 0 Å². The lowest BCUT2D eigenvalue weighted by Gasteiger charge is -2.41. The standard InChI is InChI=1S/C22H21F2N3O5/c1-11-5-6-22(2,32)16-10-26(11)21(31)17-19(29)18(28)14(9-27(16)17)20(30)25-8-12-3-4-13(23)7-15(12)24/h3-7,9,11,16,29,32H,8,10H2,1-2H3,(H,25,30)/t11-,16+,22-/m0/s1. The summed E-state index contributed by atoms with van der Waals surface area (Å²) in [6.45, 7) is 3.03. The number of carbonyl (C=O) groups excluding carboxylic acids is 2. The van der Waals surface area contributed by atoms with Gasteiger partial charge in [-0.05, 0) is 19.9 Å². The van der Waals surface area contributed by atoms with Gasteiger partial charge in [-0.2, -0.15) is 0 Å². The van der Waals surface area contributed by atoms with Gasteiger partial charge in [-0.3, -0.25) is 14.4 Å². The molecule has 0 radical (unpaired) electrons. The Labute approximate surface area is 181 Å². The van der Waals surface area contributed by atoms with Crippen molar-refractivity contribution in [3.05, 3.63) is 75.2 Å². The molecular formula is C22H21F2N3O5. The number of hydrogen-bond acceptors (Lipinski definition) is 5. The average Bonchev–Trinajstić information content (AvgIpc) is 2.83. The van der Waals surface area contributed by atoms with Crippen LogP contribution in [0.1, 0.15) is 46.3 Å². The molecule has 4 rings (SSSR count). The second-order valence-corrected chi connectivity index (χ2v) is 8.19. The number of benzene rings is 1. The Balaban J connectivity index is 1.73. The summed E-state index contributed by atoms with van der Waals surface area (Å²) in [5, 5.41) is 23.8. The van der Waals surface area contributed by atoms with Crippen molar-refractivity contribution in [1.29, 1.82) is 0 Å². The quantitative estimate of drug-likeness (QED) is 0.620. The summed E-state index contributed by atoms with van der Waals surface area (Å²) in [6, 6.07) is 1.71. The first-order valence-electron chi connectivity index (χ1n) is 9.94. The molecule has 0 saturated heterocycles.